The van der Waals surface area contributed by atoms with Crippen molar-refractivity contribution in [3.05, 3.63) is 57.2 Å². The predicted octanol–water partition coefficient (Wildman–Crippen LogP) is 3.76. The van der Waals surface area contributed by atoms with Crippen LogP contribution in [-0.4, -0.2) is 11.7 Å². The highest BCUT2D eigenvalue weighted by molar-refractivity contribution is 14.1. The number of aliphatic hydroxyl groups excluding tert-OH is 1. The summed E-state index contributed by atoms with van der Waals surface area (Å²) in [6, 6.07) is 13.7. The van der Waals surface area contributed by atoms with Crippen LogP contribution in [0.2, 0.25) is 0 Å². The van der Waals surface area contributed by atoms with Crippen molar-refractivity contribution in [2.45, 2.75) is 20.1 Å². The summed E-state index contributed by atoms with van der Waals surface area (Å²) in [6.07, 6.45) is 0. The Balaban J connectivity index is 2.09. The van der Waals surface area contributed by atoms with Crippen molar-refractivity contribution in [1.29, 1.82) is 0 Å². The van der Waals surface area contributed by atoms with Crippen molar-refractivity contribution in [3.8, 4) is 11.5 Å². The molecule has 2 rings (SSSR count). The Kier molecular flexibility index (Phi) is 5.67. The molecule has 0 amide bonds. The van der Waals surface area contributed by atoms with E-state index in [2.05, 4.69) is 34.7 Å². The van der Waals surface area contributed by atoms with Crippen molar-refractivity contribution in [2.75, 3.05) is 6.61 Å². The van der Waals surface area contributed by atoms with E-state index >= 15 is 0 Å². The van der Waals surface area contributed by atoms with Crippen molar-refractivity contribution in [1.82, 2.24) is 0 Å². The number of rotatable bonds is 6. The number of halogens is 1. The van der Waals surface area contributed by atoms with Crippen LogP contribution in [0.5, 0.6) is 11.5 Å². The molecule has 0 heterocycles. The Morgan fingerprint density at radius 1 is 0.950 bits per heavy atom. The van der Waals surface area contributed by atoms with E-state index < -0.39 is 0 Å². The Morgan fingerprint density at radius 3 is 2.30 bits per heavy atom. The zero-order chi connectivity index (χ0) is 14.4. The van der Waals surface area contributed by atoms with Gasteiger partial charge in [-0.15, -0.1) is 0 Å². The Bertz CT molecular complexity index is 552. The molecule has 3 nitrogen and oxygen atoms in total. The van der Waals surface area contributed by atoms with Crippen LogP contribution in [0.15, 0.2) is 42.5 Å². The van der Waals surface area contributed by atoms with E-state index in [1.807, 2.05) is 37.3 Å². The third-order valence-corrected chi connectivity index (χ3v) is 3.52. The molecule has 0 saturated heterocycles. The van der Waals surface area contributed by atoms with Gasteiger partial charge in [0.2, 0.25) is 0 Å². The van der Waals surface area contributed by atoms with E-state index in [-0.39, 0.29) is 6.61 Å². The van der Waals surface area contributed by atoms with Crippen molar-refractivity contribution in [2.24, 2.45) is 0 Å². The van der Waals surface area contributed by atoms with Gasteiger partial charge in [0.1, 0.15) is 6.61 Å². The number of benzene rings is 2. The maximum Gasteiger partial charge on any atom is 0.161 e. The van der Waals surface area contributed by atoms with Crippen molar-refractivity contribution in [3.63, 3.8) is 0 Å². The molecule has 0 bridgehead atoms. The monoisotopic (exact) mass is 384 g/mol. The Hall–Kier alpha value is -1.27. The molecule has 0 atom stereocenters. The average molecular weight is 384 g/mol. The van der Waals surface area contributed by atoms with Gasteiger partial charge in [-0.25, -0.2) is 0 Å². The number of aliphatic hydroxyl groups is 1. The van der Waals surface area contributed by atoms with Gasteiger partial charge in [0.05, 0.1) is 13.2 Å². The van der Waals surface area contributed by atoms with E-state index in [0.29, 0.717) is 24.7 Å². The smallest absolute Gasteiger partial charge is 0.161 e. The fourth-order valence-electron chi connectivity index (χ4n) is 1.78. The number of ether oxygens (including phenoxy) is 2. The topological polar surface area (TPSA) is 38.7 Å². The van der Waals surface area contributed by atoms with Gasteiger partial charge in [-0.1, -0.05) is 18.2 Å². The molecule has 2 aromatic carbocycles. The molecule has 0 aromatic heterocycles. The molecule has 0 aliphatic carbocycles. The van der Waals surface area contributed by atoms with E-state index in [4.69, 9.17) is 14.6 Å². The summed E-state index contributed by atoms with van der Waals surface area (Å²) in [5.41, 5.74) is 1.93. The molecule has 0 saturated carbocycles. The molecule has 0 aliphatic heterocycles. The van der Waals surface area contributed by atoms with E-state index in [1.165, 1.54) is 3.57 Å². The van der Waals surface area contributed by atoms with Crippen LogP contribution >= 0.6 is 22.6 Å². The maximum absolute atomic E-state index is 9.16. The first-order chi connectivity index (χ1) is 9.72. The summed E-state index contributed by atoms with van der Waals surface area (Å²) in [5, 5.41) is 9.16. The normalized spacial score (nSPS) is 10.3. The summed E-state index contributed by atoms with van der Waals surface area (Å²) in [5.74, 6) is 1.37. The SMILES string of the molecule is CCOc1cc(CO)ccc1OCc1ccc(I)cc1. The van der Waals surface area contributed by atoms with Gasteiger partial charge < -0.3 is 14.6 Å². The van der Waals surface area contributed by atoms with Crippen LogP contribution in [-0.2, 0) is 13.2 Å². The van der Waals surface area contributed by atoms with E-state index in [0.717, 1.165) is 11.1 Å². The molecule has 0 fully saturated rings. The minimum Gasteiger partial charge on any atom is -0.490 e. The highest BCUT2D eigenvalue weighted by atomic mass is 127. The molecular formula is C16H17IO3. The van der Waals surface area contributed by atoms with E-state index in [9.17, 15) is 0 Å². The first kappa shape index (κ1) is 15.1. The standard InChI is InChI=1S/C16H17IO3/c1-2-19-16-9-13(10-18)5-8-15(16)20-11-12-3-6-14(17)7-4-12/h3-9,18H,2,10-11H2,1H3. The minimum absolute atomic E-state index is 0.00250. The lowest BCUT2D eigenvalue weighted by Gasteiger charge is -2.13. The summed E-state index contributed by atoms with van der Waals surface area (Å²) in [6.45, 7) is 2.98. The largest absolute Gasteiger partial charge is 0.490 e. The third kappa shape index (κ3) is 4.11. The van der Waals surface area contributed by atoms with Crippen LogP contribution in [0.1, 0.15) is 18.1 Å². The van der Waals surface area contributed by atoms with Crippen LogP contribution in [0.3, 0.4) is 0 Å². The Morgan fingerprint density at radius 2 is 1.65 bits per heavy atom. The summed E-state index contributed by atoms with van der Waals surface area (Å²) in [4.78, 5) is 0. The van der Waals surface area contributed by atoms with Crippen molar-refractivity contribution >= 4 is 22.6 Å². The molecule has 0 aliphatic rings. The molecule has 0 spiro atoms. The molecule has 2 aromatic rings. The van der Waals surface area contributed by atoms with Gasteiger partial charge in [0.15, 0.2) is 11.5 Å². The maximum atomic E-state index is 9.16. The second-order valence-corrected chi connectivity index (χ2v) is 5.53. The first-order valence-electron chi connectivity index (χ1n) is 6.46. The second-order valence-electron chi connectivity index (χ2n) is 4.29. The zero-order valence-electron chi connectivity index (χ0n) is 11.3. The van der Waals surface area contributed by atoms with Crippen LogP contribution in [0.4, 0.5) is 0 Å². The van der Waals surface area contributed by atoms with Crippen LogP contribution in [0.25, 0.3) is 0 Å². The third-order valence-electron chi connectivity index (χ3n) is 2.80. The molecule has 0 unspecified atom stereocenters. The van der Waals surface area contributed by atoms with Crippen LogP contribution in [0, 0.1) is 3.57 Å². The lowest BCUT2D eigenvalue weighted by Crippen LogP contribution is -2.00. The lowest BCUT2D eigenvalue weighted by atomic mass is 10.2. The van der Waals surface area contributed by atoms with Gasteiger partial charge in [-0.3, -0.25) is 0 Å². The molecule has 106 valence electrons. The summed E-state index contributed by atoms with van der Waals surface area (Å²) in [7, 11) is 0. The second kappa shape index (κ2) is 7.50. The molecule has 0 radical (unpaired) electrons. The fourth-order valence-corrected chi connectivity index (χ4v) is 2.14. The Labute approximate surface area is 132 Å². The number of hydrogen-bond acceptors (Lipinski definition) is 3. The van der Waals surface area contributed by atoms with Gasteiger partial charge in [-0.05, 0) is 64.9 Å². The summed E-state index contributed by atoms with van der Waals surface area (Å²) < 4.78 is 12.6. The average Bonchev–Trinajstić information content (AvgIpc) is 2.48. The highest BCUT2D eigenvalue weighted by Crippen LogP contribution is 2.29. The summed E-state index contributed by atoms with van der Waals surface area (Å²) >= 11 is 2.28. The van der Waals surface area contributed by atoms with Crippen molar-refractivity contribution < 1.29 is 14.6 Å². The number of hydrogen-bond donors (Lipinski definition) is 1. The predicted molar refractivity (Wildman–Crippen MR) is 87.0 cm³/mol. The zero-order valence-corrected chi connectivity index (χ0v) is 13.5. The van der Waals surface area contributed by atoms with E-state index in [1.54, 1.807) is 0 Å². The fraction of sp³-hybridized carbons (Fsp3) is 0.250. The van der Waals surface area contributed by atoms with Gasteiger partial charge >= 0.3 is 0 Å². The quantitative estimate of drug-likeness (QED) is 0.771. The molecule has 4 heteroatoms. The highest BCUT2D eigenvalue weighted by Gasteiger charge is 2.06. The first-order valence-corrected chi connectivity index (χ1v) is 7.54. The van der Waals surface area contributed by atoms with Gasteiger partial charge in [0, 0.05) is 3.57 Å². The molecule has 20 heavy (non-hydrogen) atoms. The molecular weight excluding hydrogens is 367 g/mol. The lowest BCUT2D eigenvalue weighted by molar-refractivity contribution is 0.264. The molecule has 1 N–H and O–H groups in total. The van der Waals surface area contributed by atoms with Crippen LogP contribution < -0.4 is 9.47 Å². The van der Waals surface area contributed by atoms with Gasteiger partial charge in [0.25, 0.3) is 0 Å². The van der Waals surface area contributed by atoms with Gasteiger partial charge in [-0.2, -0.15) is 0 Å². The minimum atomic E-state index is -0.00250.